The van der Waals surface area contributed by atoms with Gasteiger partial charge in [0.1, 0.15) is 0 Å². The molecule has 0 saturated carbocycles. The van der Waals surface area contributed by atoms with Crippen LogP contribution in [-0.4, -0.2) is 26.3 Å². The number of ether oxygens (including phenoxy) is 1. The highest BCUT2D eigenvalue weighted by atomic mass is 16.5. The van der Waals surface area contributed by atoms with Crippen LogP contribution in [0.3, 0.4) is 0 Å². The number of morpholine rings is 1. The van der Waals surface area contributed by atoms with E-state index < -0.39 is 0 Å². The summed E-state index contributed by atoms with van der Waals surface area (Å²) in [6.45, 7) is 11.9. The number of hydrogen-bond acceptors (Lipinski definition) is 4. The van der Waals surface area contributed by atoms with Gasteiger partial charge in [0.05, 0.1) is 24.6 Å². The third kappa shape index (κ3) is 5.49. The van der Waals surface area contributed by atoms with E-state index in [-0.39, 0.29) is 0 Å². The summed E-state index contributed by atoms with van der Waals surface area (Å²) in [5.41, 5.74) is 14.5. The Kier molecular flexibility index (Phi) is 9.94. The molecule has 4 heteroatoms. The molecule has 2 rings (SSSR count). The molecule has 19 heavy (non-hydrogen) atoms. The maximum absolute atomic E-state index is 5.99. The average Bonchev–Trinajstić information content (AvgIpc) is 2.52. The lowest BCUT2D eigenvalue weighted by atomic mass is 10.1. The van der Waals surface area contributed by atoms with E-state index >= 15 is 0 Å². The Morgan fingerprint density at radius 2 is 1.68 bits per heavy atom. The second-order valence-electron chi connectivity index (χ2n) is 3.70. The smallest absolute Gasteiger partial charge is 0.0642 e. The van der Waals surface area contributed by atoms with E-state index in [4.69, 9.17) is 16.2 Å². The third-order valence-electron chi connectivity index (χ3n) is 2.68. The number of hydrogen-bond donors (Lipinski definition) is 2. The zero-order valence-electron chi connectivity index (χ0n) is 12.8. The van der Waals surface area contributed by atoms with Gasteiger partial charge >= 0.3 is 0 Å². The Hall–Kier alpha value is -1.26. The van der Waals surface area contributed by atoms with Crippen LogP contribution >= 0.6 is 0 Å². The summed E-state index contributed by atoms with van der Waals surface area (Å²) in [6.07, 6.45) is 0. The van der Waals surface area contributed by atoms with Crippen molar-refractivity contribution in [3.05, 3.63) is 23.8 Å². The summed E-state index contributed by atoms with van der Waals surface area (Å²) in [6, 6.07) is 6.02. The first-order valence-electron chi connectivity index (χ1n) is 7.22. The van der Waals surface area contributed by atoms with Gasteiger partial charge in [-0.15, -0.1) is 0 Å². The van der Waals surface area contributed by atoms with E-state index in [0.29, 0.717) is 6.54 Å². The second-order valence-corrected chi connectivity index (χ2v) is 3.70. The summed E-state index contributed by atoms with van der Waals surface area (Å²) in [7, 11) is 0. The normalized spacial score (nSPS) is 13.8. The SMILES string of the molecule is CC.CC.NCc1ccc(N2CCOCC2)c(N)c1. The van der Waals surface area contributed by atoms with E-state index in [9.17, 15) is 0 Å². The van der Waals surface area contributed by atoms with Crippen LogP contribution in [0.15, 0.2) is 18.2 Å². The molecule has 0 bridgehead atoms. The summed E-state index contributed by atoms with van der Waals surface area (Å²) in [5.74, 6) is 0. The lowest BCUT2D eigenvalue weighted by Crippen LogP contribution is -2.36. The average molecular weight is 267 g/mol. The lowest BCUT2D eigenvalue weighted by Gasteiger charge is -2.30. The molecule has 1 aliphatic rings. The zero-order valence-corrected chi connectivity index (χ0v) is 12.8. The molecule has 4 nitrogen and oxygen atoms in total. The number of anilines is 2. The van der Waals surface area contributed by atoms with Crippen LogP contribution in [0.25, 0.3) is 0 Å². The minimum absolute atomic E-state index is 0.535. The van der Waals surface area contributed by atoms with Gasteiger partial charge in [-0.1, -0.05) is 33.8 Å². The van der Waals surface area contributed by atoms with Gasteiger partial charge in [-0.3, -0.25) is 0 Å². The van der Waals surface area contributed by atoms with E-state index in [1.807, 2.05) is 45.9 Å². The molecule has 0 atom stereocenters. The van der Waals surface area contributed by atoms with Crippen LogP contribution in [-0.2, 0) is 11.3 Å². The number of nitrogens with zero attached hydrogens (tertiary/aromatic N) is 1. The molecule has 0 radical (unpaired) electrons. The number of nitrogens with two attached hydrogens (primary N) is 2. The van der Waals surface area contributed by atoms with Gasteiger partial charge in [0.25, 0.3) is 0 Å². The summed E-state index contributed by atoms with van der Waals surface area (Å²) in [4.78, 5) is 2.25. The Morgan fingerprint density at radius 1 is 1.11 bits per heavy atom. The van der Waals surface area contributed by atoms with Gasteiger partial charge in [0, 0.05) is 19.6 Å². The first-order chi connectivity index (χ1) is 9.31. The largest absolute Gasteiger partial charge is 0.397 e. The van der Waals surface area contributed by atoms with Crippen LogP contribution in [0.2, 0.25) is 0 Å². The fraction of sp³-hybridized carbons (Fsp3) is 0.600. The fourth-order valence-corrected chi connectivity index (χ4v) is 1.82. The standard InChI is InChI=1S/C11H17N3O.2C2H6/c12-8-9-1-2-11(10(13)7-9)14-3-5-15-6-4-14;2*1-2/h1-2,7H,3-6,8,12-13H2;2*1-2H3. The summed E-state index contributed by atoms with van der Waals surface area (Å²) in [5, 5.41) is 0. The van der Waals surface area contributed by atoms with Crippen molar-refractivity contribution in [3.8, 4) is 0 Å². The molecule has 0 spiro atoms. The number of rotatable bonds is 2. The van der Waals surface area contributed by atoms with Crippen LogP contribution in [0, 0.1) is 0 Å². The Labute approximate surface area is 117 Å². The number of benzene rings is 1. The molecule has 1 heterocycles. The second kappa shape index (κ2) is 10.6. The third-order valence-corrected chi connectivity index (χ3v) is 2.68. The van der Waals surface area contributed by atoms with Crippen molar-refractivity contribution in [2.75, 3.05) is 36.9 Å². The Balaban J connectivity index is 0.000000741. The Bertz CT molecular complexity index is 336. The zero-order chi connectivity index (χ0) is 14.7. The number of nitrogen functional groups attached to an aromatic ring is 1. The van der Waals surface area contributed by atoms with E-state index in [0.717, 1.165) is 43.2 Å². The molecular formula is C15H29N3O. The molecule has 4 N–H and O–H groups in total. The molecular weight excluding hydrogens is 238 g/mol. The highest BCUT2D eigenvalue weighted by Gasteiger charge is 2.13. The van der Waals surface area contributed by atoms with E-state index in [1.54, 1.807) is 0 Å². The molecule has 0 amide bonds. The minimum Gasteiger partial charge on any atom is -0.397 e. The molecule has 110 valence electrons. The van der Waals surface area contributed by atoms with Gasteiger partial charge in [-0.25, -0.2) is 0 Å². The van der Waals surface area contributed by atoms with Crippen molar-refractivity contribution < 1.29 is 4.74 Å². The minimum atomic E-state index is 0.535. The quantitative estimate of drug-likeness (QED) is 0.808. The van der Waals surface area contributed by atoms with Gasteiger partial charge in [0.15, 0.2) is 0 Å². The fourth-order valence-electron chi connectivity index (χ4n) is 1.82. The van der Waals surface area contributed by atoms with Crippen LogP contribution < -0.4 is 16.4 Å². The topological polar surface area (TPSA) is 64.5 Å². The maximum atomic E-state index is 5.99. The van der Waals surface area contributed by atoms with Crippen LogP contribution in [0.5, 0.6) is 0 Å². The van der Waals surface area contributed by atoms with Gasteiger partial charge < -0.3 is 21.1 Å². The molecule has 0 aromatic heterocycles. The molecule has 1 aliphatic heterocycles. The van der Waals surface area contributed by atoms with Crippen molar-refractivity contribution in [3.63, 3.8) is 0 Å². The molecule has 0 unspecified atom stereocenters. The first kappa shape index (κ1) is 17.7. The molecule has 1 saturated heterocycles. The summed E-state index contributed by atoms with van der Waals surface area (Å²) < 4.78 is 5.30. The predicted octanol–water partition coefficient (Wildman–Crippen LogP) is 2.62. The van der Waals surface area contributed by atoms with Crippen LogP contribution in [0.1, 0.15) is 33.3 Å². The molecule has 1 aromatic carbocycles. The van der Waals surface area contributed by atoms with Crippen molar-refractivity contribution in [2.45, 2.75) is 34.2 Å². The van der Waals surface area contributed by atoms with Gasteiger partial charge in [0.2, 0.25) is 0 Å². The van der Waals surface area contributed by atoms with Gasteiger partial charge in [-0.2, -0.15) is 0 Å². The molecule has 0 aliphatic carbocycles. The highest BCUT2D eigenvalue weighted by Crippen LogP contribution is 2.24. The van der Waals surface area contributed by atoms with Gasteiger partial charge in [-0.05, 0) is 17.7 Å². The van der Waals surface area contributed by atoms with Crippen molar-refractivity contribution >= 4 is 11.4 Å². The highest BCUT2D eigenvalue weighted by molar-refractivity contribution is 5.68. The first-order valence-corrected chi connectivity index (χ1v) is 7.22. The molecule has 1 fully saturated rings. The molecule has 1 aromatic rings. The van der Waals surface area contributed by atoms with Crippen molar-refractivity contribution in [1.29, 1.82) is 0 Å². The lowest BCUT2D eigenvalue weighted by molar-refractivity contribution is 0.123. The van der Waals surface area contributed by atoms with E-state index in [1.165, 1.54) is 0 Å². The van der Waals surface area contributed by atoms with Crippen molar-refractivity contribution in [1.82, 2.24) is 0 Å². The van der Waals surface area contributed by atoms with E-state index in [2.05, 4.69) is 4.90 Å². The summed E-state index contributed by atoms with van der Waals surface area (Å²) >= 11 is 0. The predicted molar refractivity (Wildman–Crippen MR) is 84.5 cm³/mol. The maximum Gasteiger partial charge on any atom is 0.0642 e. The monoisotopic (exact) mass is 267 g/mol. The van der Waals surface area contributed by atoms with Crippen LogP contribution in [0.4, 0.5) is 11.4 Å². The Morgan fingerprint density at radius 3 is 2.16 bits per heavy atom. The van der Waals surface area contributed by atoms with Crippen molar-refractivity contribution in [2.24, 2.45) is 5.73 Å².